The van der Waals surface area contributed by atoms with Crippen LogP contribution in [-0.2, 0) is 11.3 Å². The summed E-state index contributed by atoms with van der Waals surface area (Å²) in [5.74, 6) is 0.284. The lowest BCUT2D eigenvalue weighted by atomic mass is 10.3. The summed E-state index contributed by atoms with van der Waals surface area (Å²) in [5.41, 5.74) is 1.20. The molecule has 0 aliphatic carbocycles. The second-order valence-electron chi connectivity index (χ2n) is 6.16. The molecule has 0 aliphatic rings. The third kappa shape index (κ3) is 5.13. The minimum Gasteiger partial charge on any atom is -0.424 e. The smallest absolute Gasteiger partial charge is 0.328 e. The molecule has 9 heteroatoms. The molecule has 0 radical (unpaired) electrons. The maximum absolute atomic E-state index is 12.1. The van der Waals surface area contributed by atoms with Gasteiger partial charge in [0.1, 0.15) is 5.75 Å². The third-order valence-electron chi connectivity index (χ3n) is 3.79. The topological polar surface area (TPSA) is 119 Å². The first kappa shape index (κ1) is 19.0. The minimum absolute atomic E-state index is 0.0839. The van der Waals surface area contributed by atoms with E-state index in [1.165, 1.54) is 16.8 Å². The van der Waals surface area contributed by atoms with E-state index in [4.69, 9.17) is 4.74 Å². The molecule has 2 N–H and O–H groups in total. The van der Waals surface area contributed by atoms with Gasteiger partial charge in [-0.2, -0.15) is 0 Å². The number of benzene rings is 1. The van der Waals surface area contributed by atoms with Gasteiger partial charge in [0.2, 0.25) is 5.91 Å². The number of aromatic amines is 1. The largest absolute Gasteiger partial charge is 0.424 e. The number of hydrogen-bond acceptors (Lipinski definition) is 6. The van der Waals surface area contributed by atoms with E-state index in [2.05, 4.69) is 20.3 Å². The first-order valence-corrected chi connectivity index (χ1v) is 8.59. The van der Waals surface area contributed by atoms with Gasteiger partial charge in [0.05, 0.1) is 0 Å². The number of nitrogens with zero attached hydrogens (tertiary/aromatic N) is 3. The van der Waals surface area contributed by atoms with Crippen molar-refractivity contribution in [1.29, 1.82) is 0 Å². The van der Waals surface area contributed by atoms with Crippen LogP contribution in [0.5, 0.6) is 11.8 Å². The summed E-state index contributed by atoms with van der Waals surface area (Å²) in [6.07, 6.45) is 1.44. The van der Waals surface area contributed by atoms with Crippen molar-refractivity contribution >= 4 is 11.6 Å². The predicted molar refractivity (Wildman–Crippen MR) is 103 cm³/mol. The van der Waals surface area contributed by atoms with Gasteiger partial charge in [-0.05, 0) is 44.2 Å². The number of aromatic nitrogens is 4. The molecule has 0 fully saturated rings. The summed E-state index contributed by atoms with van der Waals surface area (Å²) in [5, 5.41) is 2.74. The average Bonchev–Trinajstić information content (AvgIpc) is 2.62. The first-order chi connectivity index (χ1) is 13.4. The Bertz CT molecular complexity index is 1080. The maximum Gasteiger partial charge on any atom is 0.328 e. The second-order valence-corrected chi connectivity index (χ2v) is 6.16. The van der Waals surface area contributed by atoms with Crippen LogP contribution >= 0.6 is 0 Å². The molecule has 3 aromatic rings. The normalized spacial score (nSPS) is 10.5. The maximum atomic E-state index is 12.1. The number of nitrogens with one attached hydrogen (secondary N) is 2. The van der Waals surface area contributed by atoms with Crippen molar-refractivity contribution in [1.82, 2.24) is 19.5 Å². The molecule has 2 aromatic heterocycles. The monoisotopic (exact) mass is 381 g/mol. The molecular formula is C19H19N5O4. The summed E-state index contributed by atoms with van der Waals surface area (Å²) in [4.78, 5) is 45.3. The van der Waals surface area contributed by atoms with Crippen molar-refractivity contribution in [2.45, 2.75) is 26.8 Å². The van der Waals surface area contributed by atoms with E-state index < -0.39 is 11.2 Å². The van der Waals surface area contributed by atoms with E-state index in [9.17, 15) is 14.4 Å². The van der Waals surface area contributed by atoms with Gasteiger partial charge in [0, 0.05) is 42.3 Å². The Morgan fingerprint density at radius 2 is 1.79 bits per heavy atom. The molecule has 0 saturated carbocycles. The quantitative estimate of drug-likeness (QED) is 0.672. The van der Waals surface area contributed by atoms with Gasteiger partial charge in [-0.15, -0.1) is 0 Å². The van der Waals surface area contributed by atoms with Crippen LogP contribution in [0.15, 0.2) is 52.2 Å². The van der Waals surface area contributed by atoms with Crippen molar-refractivity contribution < 1.29 is 9.53 Å². The second kappa shape index (κ2) is 8.30. The molecule has 0 unspecified atom stereocenters. The van der Waals surface area contributed by atoms with Crippen molar-refractivity contribution in [3.63, 3.8) is 0 Å². The molecule has 2 heterocycles. The lowest BCUT2D eigenvalue weighted by molar-refractivity contribution is -0.116. The van der Waals surface area contributed by atoms with Gasteiger partial charge < -0.3 is 14.6 Å². The fourth-order valence-corrected chi connectivity index (χ4v) is 2.52. The number of carbonyl (C=O) groups excluding carboxylic acids is 1. The zero-order chi connectivity index (χ0) is 20.1. The third-order valence-corrected chi connectivity index (χ3v) is 3.79. The van der Waals surface area contributed by atoms with Crippen LogP contribution in [0.3, 0.4) is 0 Å². The Morgan fingerprint density at radius 1 is 1.11 bits per heavy atom. The molecule has 1 amide bonds. The molecular weight excluding hydrogens is 362 g/mol. The molecule has 0 bridgehead atoms. The van der Waals surface area contributed by atoms with E-state index in [0.717, 1.165) is 11.4 Å². The van der Waals surface area contributed by atoms with E-state index in [-0.39, 0.29) is 24.9 Å². The fraction of sp³-hybridized carbons (Fsp3) is 0.211. The van der Waals surface area contributed by atoms with Crippen LogP contribution < -0.4 is 21.3 Å². The highest BCUT2D eigenvalue weighted by molar-refractivity contribution is 5.90. The molecule has 1 aromatic carbocycles. The molecule has 0 aliphatic heterocycles. The molecule has 3 rings (SSSR count). The summed E-state index contributed by atoms with van der Waals surface area (Å²) < 4.78 is 6.89. The van der Waals surface area contributed by atoms with Crippen LogP contribution in [0.1, 0.15) is 17.8 Å². The number of amides is 1. The Morgan fingerprint density at radius 3 is 2.43 bits per heavy atom. The predicted octanol–water partition coefficient (Wildman–Crippen LogP) is 1.76. The lowest BCUT2D eigenvalue weighted by Gasteiger charge is -2.08. The SMILES string of the molecule is Cc1cc(C)nc(Oc2ccc(NC(=O)CCn3ccc(=O)[nH]c3=O)cc2)n1. The van der Waals surface area contributed by atoms with Crippen LogP contribution in [0.2, 0.25) is 0 Å². The number of H-pyrrole nitrogens is 1. The average molecular weight is 381 g/mol. The van der Waals surface area contributed by atoms with E-state index in [1.807, 2.05) is 19.9 Å². The van der Waals surface area contributed by atoms with Gasteiger partial charge in [-0.1, -0.05) is 0 Å². The Hall–Kier alpha value is -3.75. The van der Waals surface area contributed by atoms with Crippen molar-refractivity contribution in [2.75, 3.05) is 5.32 Å². The van der Waals surface area contributed by atoms with Crippen molar-refractivity contribution in [2.24, 2.45) is 0 Å². The van der Waals surface area contributed by atoms with Crippen LogP contribution in [0.25, 0.3) is 0 Å². The van der Waals surface area contributed by atoms with Crippen LogP contribution in [-0.4, -0.2) is 25.4 Å². The molecule has 144 valence electrons. The summed E-state index contributed by atoms with van der Waals surface area (Å²) in [6.45, 7) is 3.88. The summed E-state index contributed by atoms with van der Waals surface area (Å²) in [7, 11) is 0. The highest BCUT2D eigenvalue weighted by atomic mass is 16.5. The molecule has 9 nitrogen and oxygen atoms in total. The van der Waals surface area contributed by atoms with Crippen LogP contribution in [0.4, 0.5) is 5.69 Å². The lowest BCUT2D eigenvalue weighted by Crippen LogP contribution is -2.29. The summed E-state index contributed by atoms with van der Waals surface area (Å²) >= 11 is 0. The van der Waals surface area contributed by atoms with E-state index in [0.29, 0.717) is 11.4 Å². The van der Waals surface area contributed by atoms with Gasteiger partial charge in [-0.25, -0.2) is 14.8 Å². The summed E-state index contributed by atoms with van der Waals surface area (Å²) in [6, 6.07) is 10.1. The number of anilines is 1. The zero-order valence-electron chi connectivity index (χ0n) is 15.4. The molecule has 28 heavy (non-hydrogen) atoms. The van der Waals surface area contributed by atoms with Gasteiger partial charge >= 0.3 is 11.7 Å². The first-order valence-electron chi connectivity index (χ1n) is 8.59. The Labute approximate surface area is 160 Å². The van der Waals surface area contributed by atoms with Gasteiger partial charge in [0.25, 0.3) is 5.56 Å². The molecule has 0 atom stereocenters. The van der Waals surface area contributed by atoms with Gasteiger partial charge in [0.15, 0.2) is 0 Å². The highest BCUT2D eigenvalue weighted by Crippen LogP contribution is 2.21. The number of carbonyl (C=O) groups is 1. The fourth-order valence-electron chi connectivity index (χ4n) is 2.52. The number of ether oxygens (including phenoxy) is 1. The van der Waals surface area contributed by atoms with E-state index in [1.54, 1.807) is 24.3 Å². The van der Waals surface area contributed by atoms with Crippen molar-refractivity contribution in [3.8, 4) is 11.8 Å². The van der Waals surface area contributed by atoms with E-state index >= 15 is 0 Å². The number of aryl methyl sites for hydroxylation is 3. The standard InChI is InChI=1S/C19H19N5O4/c1-12-11-13(2)21-18(20-12)28-15-5-3-14(4-6-15)22-16(25)7-9-24-10-8-17(26)23-19(24)27/h3-6,8,10-11H,7,9H2,1-2H3,(H,22,25)(H,23,26,27). The molecule has 0 saturated heterocycles. The number of hydrogen-bond donors (Lipinski definition) is 2. The number of rotatable bonds is 6. The zero-order valence-corrected chi connectivity index (χ0v) is 15.4. The van der Waals surface area contributed by atoms with Gasteiger partial charge in [-0.3, -0.25) is 14.6 Å². The Balaban J connectivity index is 1.56. The van der Waals surface area contributed by atoms with Crippen molar-refractivity contribution in [3.05, 3.63) is 74.8 Å². The van der Waals surface area contributed by atoms with Crippen LogP contribution in [0, 0.1) is 13.8 Å². The highest BCUT2D eigenvalue weighted by Gasteiger charge is 2.06. The minimum atomic E-state index is -0.546. The Kier molecular flexibility index (Phi) is 5.64. The molecule has 0 spiro atoms.